The Hall–Kier alpha value is -0.740. The van der Waals surface area contributed by atoms with Gasteiger partial charge in [-0.25, -0.2) is 9.97 Å². The van der Waals surface area contributed by atoms with E-state index in [2.05, 4.69) is 30.3 Å². The fourth-order valence-corrected chi connectivity index (χ4v) is 3.37. The van der Waals surface area contributed by atoms with Gasteiger partial charge in [0.25, 0.3) is 0 Å². The summed E-state index contributed by atoms with van der Waals surface area (Å²) in [5, 5.41) is 0. The maximum atomic E-state index is 5.93. The van der Waals surface area contributed by atoms with Gasteiger partial charge in [-0.15, -0.1) is 11.6 Å². The molecule has 0 aliphatic carbocycles. The van der Waals surface area contributed by atoms with Crippen LogP contribution in [0.3, 0.4) is 0 Å². The highest BCUT2D eigenvalue weighted by atomic mass is 35.5. The molecule has 0 saturated heterocycles. The second kappa shape index (κ2) is 7.32. The van der Waals surface area contributed by atoms with Gasteiger partial charge in [-0.1, -0.05) is 6.92 Å². The molecule has 3 nitrogen and oxygen atoms in total. The minimum atomic E-state index is 0.409. The van der Waals surface area contributed by atoms with Crippen LogP contribution in [0.2, 0.25) is 0 Å². The summed E-state index contributed by atoms with van der Waals surface area (Å²) in [7, 11) is 0. The van der Waals surface area contributed by atoms with Crippen LogP contribution in [0.1, 0.15) is 37.7 Å². The molecule has 2 aromatic rings. The van der Waals surface area contributed by atoms with Crippen LogP contribution in [-0.2, 0) is 6.42 Å². The van der Waals surface area contributed by atoms with Crippen molar-refractivity contribution in [1.82, 2.24) is 14.5 Å². The molecule has 0 radical (unpaired) electrons. The summed E-state index contributed by atoms with van der Waals surface area (Å²) in [5.41, 5.74) is 3.20. The van der Waals surface area contributed by atoms with E-state index in [0.29, 0.717) is 11.9 Å². The molecule has 0 amide bonds. The quantitative estimate of drug-likeness (QED) is 0.566. The highest BCUT2D eigenvalue weighted by Crippen LogP contribution is 2.25. The number of thioether (sulfide) groups is 1. The predicted octanol–water partition coefficient (Wildman–Crippen LogP) is 4.23. The Morgan fingerprint density at radius 2 is 2.25 bits per heavy atom. The molecule has 1 unspecified atom stereocenters. The van der Waals surface area contributed by atoms with Gasteiger partial charge in [-0.3, -0.25) is 0 Å². The Morgan fingerprint density at radius 1 is 1.45 bits per heavy atom. The Morgan fingerprint density at radius 3 is 2.95 bits per heavy atom. The largest absolute Gasteiger partial charge is 0.310 e. The molecule has 1 atom stereocenters. The first-order valence-electron chi connectivity index (χ1n) is 7.15. The zero-order valence-electron chi connectivity index (χ0n) is 12.4. The number of aromatic nitrogens is 3. The lowest BCUT2D eigenvalue weighted by atomic mass is 10.2. The zero-order valence-corrected chi connectivity index (χ0v) is 14.0. The fourth-order valence-electron chi connectivity index (χ4n) is 2.41. The van der Waals surface area contributed by atoms with E-state index < -0.39 is 0 Å². The molecular formula is C15H22ClN3S. The molecule has 0 aliphatic rings. The molecule has 2 heterocycles. The third-order valence-corrected chi connectivity index (χ3v) is 4.62. The molecule has 0 N–H and O–H groups in total. The first-order chi connectivity index (χ1) is 9.69. The number of hydrogen-bond acceptors (Lipinski definition) is 3. The molecule has 110 valence electrons. The first-order valence-corrected chi connectivity index (χ1v) is 8.84. The van der Waals surface area contributed by atoms with E-state index in [9.17, 15) is 0 Å². The van der Waals surface area contributed by atoms with Crippen molar-refractivity contribution in [3.8, 4) is 0 Å². The number of pyridine rings is 1. The summed E-state index contributed by atoms with van der Waals surface area (Å²) in [4.78, 5) is 9.31. The fraction of sp³-hybridized carbons (Fsp3) is 0.600. The molecule has 0 aliphatic heterocycles. The highest BCUT2D eigenvalue weighted by Gasteiger charge is 2.17. The standard InChI is InChI=1S/C15H22ClN3S/c1-4-20-10-7-12(3)19-13(5-8-16)18-14-11(2)6-9-17-15(14)19/h6,9,12H,4-5,7-8,10H2,1-3H3. The summed E-state index contributed by atoms with van der Waals surface area (Å²) < 4.78 is 2.28. The Kier molecular flexibility index (Phi) is 5.73. The van der Waals surface area contributed by atoms with Crippen LogP contribution in [0.25, 0.3) is 11.2 Å². The average Bonchev–Trinajstić information content (AvgIpc) is 2.79. The molecule has 0 saturated carbocycles. The lowest BCUT2D eigenvalue weighted by Crippen LogP contribution is -2.11. The Balaban J connectivity index is 2.37. The van der Waals surface area contributed by atoms with Gasteiger partial charge >= 0.3 is 0 Å². The monoisotopic (exact) mass is 311 g/mol. The van der Waals surface area contributed by atoms with Crippen LogP contribution in [0.4, 0.5) is 0 Å². The number of fused-ring (bicyclic) bond motifs is 1. The lowest BCUT2D eigenvalue weighted by Gasteiger charge is -2.16. The van der Waals surface area contributed by atoms with Crippen molar-refractivity contribution in [2.45, 2.75) is 39.7 Å². The van der Waals surface area contributed by atoms with Crippen molar-refractivity contribution in [2.24, 2.45) is 0 Å². The van der Waals surface area contributed by atoms with Crippen molar-refractivity contribution in [3.05, 3.63) is 23.7 Å². The van der Waals surface area contributed by atoms with E-state index in [1.165, 1.54) is 17.1 Å². The average molecular weight is 312 g/mol. The molecule has 0 bridgehead atoms. The summed E-state index contributed by atoms with van der Waals surface area (Å²) >= 11 is 7.91. The van der Waals surface area contributed by atoms with E-state index in [1.807, 2.05) is 24.0 Å². The summed E-state index contributed by atoms with van der Waals surface area (Å²) in [5.74, 6) is 4.00. The maximum Gasteiger partial charge on any atom is 0.160 e. The minimum absolute atomic E-state index is 0.409. The van der Waals surface area contributed by atoms with Gasteiger partial charge in [0.05, 0.1) is 0 Å². The molecule has 2 rings (SSSR count). The van der Waals surface area contributed by atoms with Gasteiger partial charge in [-0.2, -0.15) is 11.8 Å². The third kappa shape index (κ3) is 3.29. The van der Waals surface area contributed by atoms with Gasteiger partial charge in [0.1, 0.15) is 11.3 Å². The first kappa shape index (κ1) is 15.6. The van der Waals surface area contributed by atoms with Crippen LogP contribution in [-0.4, -0.2) is 31.9 Å². The van der Waals surface area contributed by atoms with Crippen molar-refractivity contribution >= 4 is 34.5 Å². The smallest absolute Gasteiger partial charge is 0.160 e. The van der Waals surface area contributed by atoms with Crippen LogP contribution >= 0.6 is 23.4 Å². The van der Waals surface area contributed by atoms with Gasteiger partial charge in [-0.05, 0) is 43.4 Å². The summed E-state index contributed by atoms with van der Waals surface area (Å²) in [6, 6.07) is 2.42. The number of rotatable bonds is 7. The van der Waals surface area contributed by atoms with Crippen molar-refractivity contribution in [1.29, 1.82) is 0 Å². The highest BCUT2D eigenvalue weighted by molar-refractivity contribution is 7.99. The SMILES string of the molecule is CCSCCC(C)n1c(CCCl)nc2c(C)ccnc21. The van der Waals surface area contributed by atoms with Crippen LogP contribution in [0.15, 0.2) is 12.3 Å². The topological polar surface area (TPSA) is 30.7 Å². The van der Waals surface area contributed by atoms with Gasteiger partial charge < -0.3 is 4.57 Å². The van der Waals surface area contributed by atoms with E-state index in [4.69, 9.17) is 16.6 Å². The number of aryl methyl sites for hydroxylation is 2. The number of hydrogen-bond donors (Lipinski definition) is 0. The van der Waals surface area contributed by atoms with Crippen LogP contribution in [0.5, 0.6) is 0 Å². The molecule has 0 fully saturated rings. The van der Waals surface area contributed by atoms with Gasteiger partial charge in [0.15, 0.2) is 5.65 Å². The minimum Gasteiger partial charge on any atom is -0.310 e. The number of alkyl halides is 1. The zero-order chi connectivity index (χ0) is 14.5. The van der Waals surface area contributed by atoms with E-state index in [-0.39, 0.29) is 0 Å². The van der Waals surface area contributed by atoms with Crippen molar-refractivity contribution in [3.63, 3.8) is 0 Å². The number of nitrogens with zero attached hydrogens (tertiary/aromatic N) is 3. The van der Waals surface area contributed by atoms with Crippen molar-refractivity contribution in [2.75, 3.05) is 17.4 Å². The van der Waals surface area contributed by atoms with E-state index in [1.54, 1.807) is 0 Å². The summed E-state index contributed by atoms with van der Waals surface area (Å²) in [6.45, 7) is 6.54. The second-order valence-electron chi connectivity index (χ2n) is 4.97. The van der Waals surface area contributed by atoms with Crippen molar-refractivity contribution < 1.29 is 0 Å². The molecule has 20 heavy (non-hydrogen) atoms. The molecular weight excluding hydrogens is 290 g/mol. The summed E-state index contributed by atoms with van der Waals surface area (Å²) in [6.07, 6.45) is 3.80. The molecule has 5 heteroatoms. The normalized spacial score (nSPS) is 13.0. The Bertz CT molecular complexity index is 567. The Labute approximate surface area is 130 Å². The third-order valence-electron chi connectivity index (χ3n) is 3.50. The maximum absolute atomic E-state index is 5.93. The molecule has 0 aromatic carbocycles. The van der Waals surface area contributed by atoms with Gasteiger partial charge in [0, 0.05) is 24.5 Å². The van der Waals surface area contributed by atoms with Crippen LogP contribution < -0.4 is 0 Å². The second-order valence-corrected chi connectivity index (χ2v) is 6.74. The van der Waals surface area contributed by atoms with E-state index >= 15 is 0 Å². The van der Waals surface area contributed by atoms with Crippen LogP contribution in [0, 0.1) is 6.92 Å². The molecule has 2 aromatic heterocycles. The number of imidazole rings is 1. The van der Waals surface area contributed by atoms with E-state index in [0.717, 1.165) is 29.8 Å². The predicted molar refractivity (Wildman–Crippen MR) is 89.0 cm³/mol. The van der Waals surface area contributed by atoms with Gasteiger partial charge in [0.2, 0.25) is 0 Å². The lowest BCUT2D eigenvalue weighted by molar-refractivity contribution is 0.525. The number of halogens is 1. The molecule has 0 spiro atoms.